The molecule has 1 aromatic carbocycles. The second-order valence-corrected chi connectivity index (χ2v) is 7.05. The van der Waals surface area contributed by atoms with Gasteiger partial charge in [0.05, 0.1) is 0 Å². The predicted octanol–water partition coefficient (Wildman–Crippen LogP) is 2.90. The quantitative estimate of drug-likeness (QED) is 0.905. The monoisotopic (exact) mass is 330 g/mol. The summed E-state index contributed by atoms with van der Waals surface area (Å²) in [4.78, 5) is 17.7. The second-order valence-electron chi connectivity index (χ2n) is 6.01. The zero-order valence-corrected chi connectivity index (χ0v) is 14.3. The molecule has 2 atom stereocenters. The third-order valence-electron chi connectivity index (χ3n) is 4.10. The first-order valence-electron chi connectivity index (χ1n) is 7.91. The Balaban J connectivity index is 1.59. The molecule has 1 fully saturated rings. The molecule has 0 radical (unpaired) electrons. The van der Waals surface area contributed by atoms with E-state index in [4.69, 9.17) is 0 Å². The minimum absolute atomic E-state index is 0.105. The van der Waals surface area contributed by atoms with Gasteiger partial charge in [-0.25, -0.2) is 4.98 Å². The van der Waals surface area contributed by atoms with Gasteiger partial charge in [0.2, 0.25) is 5.91 Å². The summed E-state index contributed by atoms with van der Waals surface area (Å²) in [6, 6.07) is 8.34. The number of nitrogens with one attached hydrogen (secondary N) is 2. The van der Waals surface area contributed by atoms with E-state index in [2.05, 4.69) is 22.5 Å². The van der Waals surface area contributed by atoms with Crippen LogP contribution in [-0.2, 0) is 11.8 Å². The Morgan fingerprint density at radius 1 is 1.39 bits per heavy atom. The van der Waals surface area contributed by atoms with Crippen LogP contribution in [0.2, 0.25) is 0 Å². The molecule has 122 valence electrons. The third kappa shape index (κ3) is 4.14. The molecule has 0 saturated carbocycles. The van der Waals surface area contributed by atoms with Gasteiger partial charge in [-0.15, -0.1) is 0 Å². The summed E-state index contributed by atoms with van der Waals surface area (Å²) in [5.41, 5.74) is 0.852. The summed E-state index contributed by atoms with van der Waals surface area (Å²) in [6.07, 6.45) is 5.52. The number of hydrogen-bond donors (Lipinski definition) is 2. The highest BCUT2D eigenvalue weighted by atomic mass is 32.2. The number of aromatic nitrogens is 2. The number of hydrogen-bond acceptors (Lipinski definition) is 4. The van der Waals surface area contributed by atoms with Crippen molar-refractivity contribution in [3.63, 3.8) is 0 Å². The van der Waals surface area contributed by atoms with Gasteiger partial charge >= 0.3 is 0 Å². The number of benzene rings is 1. The number of imidazole rings is 1. The van der Waals surface area contributed by atoms with E-state index in [9.17, 15) is 4.79 Å². The fourth-order valence-corrected chi connectivity index (χ4v) is 3.58. The normalized spacial score (nSPS) is 21.1. The SMILES string of the molecule is C[C@H]1C[C@@H](C(=O)Nc2ccc(Sc3nccn3C)cc2)CCN1. The summed E-state index contributed by atoms with van der Waals surface area (Å²) < 4.78 is 1.98. The lowest BCUT2D eigenvalue weighted by Gasteiger charge is -2.27. The fraction of sp³-hybridized carbons (Fsp3) is 0.412. The van der Waals surface area contributed by atoms with Crippen molar-refractivity contribution in [3.05, 3.63) is 36.7 Å². The van der Waals surface area contributed by atoms with Gasteiger partial charge in [-0.3, -0.25) is 4.79 Å². The molecule has 1 saturated heterocycles. The van der Waals surface area contributed by atoms with Gasteiger partial charge in [0.25, 0.3) is 0 Å². The molecule has 23 heavy (non-hydrogen) atoms. The number of anilines is 1. The maximum Gasteiger partial charge on any atom is 0.227 e. The van der Waals surface area contributed by atoms with Crippen molar-refractivity contribution in [1.82, 2.24) is 14.9 Å². The first kappa shape index (κ1) is 16.1. The van der Waals surface area contributed by atoms with Crippen LogP contribution in [0, 0.1) is 5.92 Å². The van der Waals surface area contributed by atoms with Crippen LogP contribution in [0.1, 0.15) is 19.8 Å². The number of carbonyl (C=O) groups excluding carboxylic acids is 1. The van der Waals surface area contributed by atoms with Crippen molar-refractivity contribution < 1.29 is 4.79 Å². The zero-order chi connectivity index (χ0) is 16.2. The van der Waals surface area contributed by atoms with Crippen LogP contribution in [0.4, 0.5) is 5.69 Å². The van der Waals surface area contributed by atoms with Crippen LogP contribution in [0.15, 0.2) is 46.7 Å². The molecule has 0 aliphatic carbocycles. The summed E-state index contributed by atoms with van der Waals surface area (Å²) in [6.45, 7) is 3.04. The first-order valence-corrected chi connectivity index (χ1v) is 8.73. The molecule has 2 heterocycles. The maximum atomic E-state index is 12.3. The number of carbonyl (C=O) groups is 1. The molecular weight excluding hydrogens is 308 g/mol. The topological polar surface area (TPSA) is 59.0 Å². The number of piperidine rings is 1. The van der Waals surface area contributed by atoms with Gasteiger partial charge < -0.3 is 15.2 Å². The molecule has 0 bridgehead atoms. The second kappa shape index (κ2) is 7.19. The number of amides is 1. The third-order valence-corrected chi connectivity index (χ3v) is 5.19. The van der Waals surface area contributed by atoms with Gasteiger partial charge in [-0.05, 0) is 50.6 Å². The Kier molecular flexibility index (Phi) is 5.03. The van der Waals surface area contributed by atoms with Gasteiger partial charge in [-0.2, -0.15) is 0 Å². The average molecular weight is 330 g/mol. The lowest BCUT2D eigenvalue weighted by molar-refractivity contribution is -0.120. The van der Waals surface area contributed by atoms with Crippen molar-refractivity contribution in [2.75, 3.05) is 11.9 Å². The van der Waals surface area contributed by atoms with E-state index in [-0.39, 0.29) is 11.8 Å². The highest BCUT2D eigenvalue weighted by molar-refractivity contribution is 7.99. The number of nitrogens with zero attached hydrogens (tertiary/aromatic N) is 2. The summed E-state index contributed by atoms with van der Waals surface area (Å²) in [7, 11) is 1.98. The fourth-order valence-electron chi connectivity index (χ4n) is 2.78. The predicted molar refractivity (Wildman–Crippen MR) is 92.6 cm³/mol. The Labute approximate surface area is 140 Å². The Bertz CT molecular complexity index is 667. The summed E-state index contributed by atoms with van der Waals surface area (Å²) in [5.74, 6) is 0.232. The lowest BCUT2D eigenvalue weighted by atomic mass is 9.92. The lowest BCUT2D eigenvalue weighted by Crippen LogP contribution is -2.40. The van der Waals surface area contributed by atoms with E-state index in [0.717, 1.165) is 35.1 Å². The van der Waals surface area contributed by atoms with E-state index in [1.807, 2.05) is 42.1 Å². The smallest absolute Gasteiger partial charge is 0.227 e. The van der Waals surface area contributed by atoms with Crippen LogP contribution < -0.4 is 10.6 Å². The van der Waals surface area contributed by atoms with Crippen molar-refractivity contribution in [1.29, 1.82) is 0 Å². The highest BCUT2D eigenvalue weighted by Crippen LogP contribution is 2.27. The van der Waals surface area contributed by atoms with E-state index >= 15 is 0 Å². The molecule has 0 unspecified atom stereocenters. The van der Waals surface area contributed by atoms with E-state index < -0.39 is 0 Å². The molecule has 2 N–H and O–H groups in total. The number of aryl methyl sites for hydroxylation is 1. The van der Waals surface area contributed by atoms with E-state index in [0.29, 0.717) is 6.04 Å². The van der Waals surface area contributed by atoms with Gasteiger partial charge in [0, 0.05) is 42.0 Å². The van der Waals surface area contributed by atoms with Crippen molar-refractivity contribution >= 4 is 23.4 Å². The highest BCUT2D eigenvalue weighted by Gasteiger charge is 2.24. The molecule has 1 aliphatic rings. The van der Waals surface area contributed by atoms with Crippen molar-refractivity contribution in [2.24, 2.45) is 13.0 Å². The van der Waals surface area contributed by atoms with Gasteiger partial charge in [0.1, 0.15) is 0 Å². The van der Waals surface area contributed by atoms with Crippen LogP contribution in [0.3, 0.4) is 0 Å². The van der Waals surface area contributed by atoms with Crippen LogP contribution in [0.5, 0.6) is 0 Å². The molecule has 0 spiro atoms. The van der Waals surface area contributed by atoms with Crippen LogP contribution >= 0.6 is 11.8 Å². The molecule has 1 amide bonds. The summed E-state index contributed by atoms with van der Waals surface area (Å²) >= 11 is 1.61. The zero-order valence-electron chi connectivity index (χ0n) is 13.5. The Morgan fingerprint density at radius 2 is 2.17 bits per heavy atom. The molecule has 1 aromatic heterocycles. The van der Waals surface area contributed by atoms with Crippen molar-refractivity contribution in [2.45, 2.75) is 35.9 Å². The van der Waals surface area contributed by atoms with Crippen LogP contribution in [0.25, 0.3) is 0 Å². The van der Waals surface area contributed by atoms with Crippen molar-refractivity contribution in [3.8, 4) is 0 Å². The minimum Gasteiger partial charge on any atom is -0.329 e. The average Bonchev–Trinajstić information content (AvgIpc) is 2.94. The van der Waals surface area contributed by atoms with Gasteiger partial charge in [0.15, 0.2) is 5.16 Å². The summed E-state index contributed by atoms with van der Waals surface area (Å²) in [5, 5.41) is 7.36. The molecule has 5 nitrogen and oxygen atoms in total. The largest absolute Gasteiger partial charge is 0.329 e. The standard InChI is InChI=1S/C17H22N4OS/c1-12-11-13(7-8-18-12)16(22)20-14-3-5-15(6-4-14)23-17-19-9-10-21(17)2/h3-6,9-10,12-13,18H,7-8,11H2,1-2H3,(H,20,22)/t12-,13-/m0/s1. The first-order chi connectivity index (χ1) is 11.1. The Morgan fingerprint density at radius 3 is 2.83 bits per heavy atom. The molecule has 2 aromatic rings. The van der Waals surface area contributed by atoms with E-state index in [1.54, 1.807) is 18.0 Å². The maximum absolute atomic E-state index is 12.3. The number of rotatable bonds is 4. The molecule has 6 heteroatoms. The molecule has 1 aliphatic heterocycles. The Hall–Kier alpha value is -1.79. The molecule has 3 rings (SSSR count). The van der Waals surface area contributed by atoms with Gasteiger partial charge in [-0.1, -0.05) is 11.8 Å². The van der Waals surface area contributed by atoms with E-state index in [1.165, 1.54) is 0 Å². The molecular formula is C17H22N4OS. The minimum atomic E-state index is 0.105. The van der Waals surface area contributed by atoms with Crippen LogP contribution in [-0.4, -0.2) is 28.0 Å².